The molecule has 120 valence electrons. The van der Waals surface area contributed by atoms with Crippen LogP contribution in [-0.2, 0) is 9.53 Å². The van der Waals surface area contributed by atoms with Gasteiger partial charge in [0.05, 0.1) is 5.92 Å². The number of nitrogens with one attached hydrogen (secondary N) is 1. The number of carbonyl (C=O) groups excluding carboxylic acids is 1. The summed E-state index contributed by atoms with van der Waals surface area (Å²) in [5.74, 6) is 1.20. The molecule has 1 aromatic heterocycles. The Labute approximate surface area is 131 Å². The van der Waals surface area contributed by atoms with Gasteiger partial charge in [0.15, 0.2) is 0 Å². The molecule has 0 saturated carbocycles. The number of anilines is 1. The summed E-state index contributed by atoms with van der Waals surface area (Å²) in [6.07, 6.45) is 4.34. The zero-order chi connectivity index (χ0) is 15.5. The molecular weight excluding hydrogens is 280 g/mol. The van der Waals surface area contributed by atoms with E-state index in [1.54, 1.807) is 6.33 Å². The van der Waals surface area contributed by atoms with Gasteiger partial charge in [-0.25, -0.2) is 9.97 Å². The number of amides is 1. The van der Waals surface area contributed by atoms with Crippen LogP contribution >= 0.6 is 0 Å². The monoisotopic (exact) mass is 304 g/mol. The van der Waals surface area contributed by atoms with Crippen molar-refractivity contribution in [2.75, 3.05) is 31.2 Å². The van der Waals surface area contributed by atoms with Crippen LogP contribution in [0, 0.1) is 19.8 Å². The molecule has 1 aromatic rings. The van der Waals surface area contributed by atoms with Gasteiger partial charge in [-0.3, -0.25) is 4.79 Å². The van der Waals surface area contributed by atoms with Gasteiger partial charge in [0.2, 0.25) is 5.91 Å². The number of aromatic nitrogens is 2. The zero-order valence-corrected chi connectivity index (χ0v) is 13.3. The van der Waals surface area contributed by atoms with E-state index in [2.05, 4.69) is 20.2 Å². The maximum absolute atomic E-state index is 12.4. The largest absolute Gasteiger partial charge is 0.381 e. The molecule has 22 heavy (non-hydrogen) atoms. The topological polar surface area (TPSA) is 67.4 Å². The fourth-order valence-corrected chi connectivity index (χ4v) is 3.17. The third-order valence-corrected chi connectivity index (χ3v) is 4.74. The Balaban J connectivity index is 1.59. The van der Waals surface area contributed by atoms with Crippen molar-refractivity contribution in [2.24, 2.45) is 5.92 Å². The fourth-order valence-electron chi connectivity index (χ4n) is 3.17. The molecular formula is C16H24N4O2. The highest BCUT2D eigenvalue weighted by molar-refractivity contribution is 5.80. The Morgan fingerprint density at radius 3 is 2.82 bits per heavy atom. The summed E-state index contributed by atoms with van der Waals surface area (Å²) in [5, 5.41) is 3.18. The molecule has 1 amide bonds. The van der Waals surface area contributed by atoms with Crippen molar-refractivity contribution in [2.45, 2.75) is 39.2 Å². The van der Waals surface area contributed by atoms with E-state index >= 15 is 0 Å². The number of nitrogens with zero attached hydrogens (tertiary/aromatic N) is 3. The number of rotatable bonds is 3. The molecule has 0 aliphatic carbocycles. The second kappa shape index (κ2) is 6.60. The molecule has 2 saturated heterocycles. The van der Waals surface area contributed by atoms with Crippen LogP contribution in [-0.4, -0.2) is 48.2 Å². The predicted octanol–water partition coefficient (Wildman–Crippen LogP) is 1.21. The molecule has 3 heterocycles. The number of aryl methyl sites for hydroxylation is 1. The lowest BCUT2D eigenvalue weighted by atomic mass is 10.1. The standard InChI is InChI=1S/C16H24N4O2/c1-11-12(2)17-10-18-15(11)20-6-3-13(9-20)16(21)19-14-4-7-22-8-5-14/h10,13-14H,3-9H2,1-2H3,(H,19,21). The fraction of sp³-hybridized carbons (Fsp3) is 0.688. The molecule has 2 aliphatic rings. The first-order chi connectivity index (χ1) is 10.6. The molecule has 0 aromatic carbocycles. The first kappa shape index (κ1) is 15.2. The van der Waals surface area contributed by atoms with Gasteiger partial charge in [0, 0.05) is 43.6 Å². The second-order valence-electron chi connectivity index (χ2n) is 6.23. The molecule has 0 spiro atoms. The highest BCUT2D eigenvalue weighted by Gasteiger charge is 2.31. The SMILES string of the molecule is Cc1ncnc(N2CCC(C(=O)NC3CCOCC3)C2)c1C. The van der Waals surface area contributed by atoms with E-state index in [4.69, 9.17) is 4.74 Å². The minimum Gasteiger partial charge on any atom is -0.381 e. The van der Waals surface area contributed by atoms with Crippen molar-refractivity contribution in [1.29, 1.82) is 0 Å². The minimum atomic E-state index is 0.0533. The molecule has 0 bridgehead atoms. The Hall–Kier alpha value is -1.69. The van der Waals surface area contributed by atoms with Crippen LogP contribution in [0.4, 0.5) is 5.82 Å². The third kappa shape index (κ3) is 3.21. The minimum absolute atomic E-state index is 0.0533. The van der Waals surface area contributed by atoms with E-state index in [9.17, 15) is 4.79 Å². The predicted molar refractivity (Wildman–Crippen MR) is 83.8 cm³/mol. The van der Waals surface area contributed by atoms with E-state index in [1.807, 2.05) is 13.8 Å². The van der Waals surface area contributed by atoms with Crippen molar-refractivity contribution in [3.05, 3.63) is 17.6 Å². The van der Waals surface area contributed by atoms with Crippen molar-refractivity contribution in [3.8, 4) is 0 Å². The maximum Gasteiger partial charge on any atom is 0.225 e. The van der Waals surface area contributed by atoms with Gasteiger partial charge in [0.1, 0.15) is 12.1 Å². The summed E-state index contributed by atoms with van der Waals surface area (Å²) in [5.41, 5.74) is 2.10. The summed E-state index contributed by atoms with van der Waals surface area (Å²) in [4.78, 5) is 23.2. The normalized spacial score (nSPS) is 22.8. The lowest BCUT2D eigenvalue weighted by Gasteiger charge is -2.25. The van der Waals surface area contributed by atoms with Gasteiger partial charge in [-0.15, -0.1) is 0 Å². The van der Waals surface area contributed by atoms with E-state index in [1.165, 1.54) is 0 Å². The number of carbonyl (C=O) groups is 1. The van der Waals surface area contributed by atoms with Crippen LogP contribution in [0.25, 0.3) is 0 Å². The van der Waals surface area contributed by atoms with Gasteiger partial charge in [-0.2, -0.15) is 0 Å². The smallest absolute Gasteiger partial charge is 0.225 e. The lowest BCUT2D eigenvalue weighted by molar-refractivity contribution is -0.125. The van der Waals surface area contributed by atoms with Crippen LogP contribution in [0.3, 0.4) is 0 Å². The molecule has 0 radical (unpaired) electrons. The average molecular weight is 304 g/mol. The van der Waals surface area contributed by atoms with Crippen molar-refractivity contribution < 1.29 is 9.53 Å². The first-order valence-electron chi connectivity index (χ1n) is 8.06. The number of hydrogen-bond acceptors (Lipinski definition) is 5. The Morgan fingerprint density at radius 1 is 1.27 bits per heavy atom. The molecule has 6 nitrogen and oxygen atoms in total. The molecule has 1 atom stereocenters. The zero-order valence-electron chi connectivity index (χ0n) is 13.3. The summed E-state index contributed by atoms with van der Waals surface area (Å²) >= 11 is 0. The van der Waals surface area contributed by atoms with Crippen molar-refractivity contribution in [1.82, 2.24) is 15.3 Å². The second-order valence-corrected chi connectivity index (χ2v) is 6.23. The Bertz CT molecular complexity index is 543. The summed E-state index contributed by atoms with van der Waals surface area (Å²) in [7, 11) is 0. The number of ether oxygens (including phenoxy) is 1. The molecule has 2 fully saturated rings. The van der Waals surface area contributed by atoms with E-state index in [0.29, 0.717) is 0 Å². The van der Waals surface area contributed by atoms with Crippen LogP contribution in [0.15, 0.2) is 6.33 Å². The van der Waals surface area contributed by atoms with Gasteiger partial charge in [-0.05, 0) is 33.1 Å². The maximum atomic E-state index is 12.4. The van der Waals surface area contributed by atoms with Crippen LogP contribution in [0.5, 0.6) is 0 Å². The first-order valence-corrected chi connectivity index (χ1v) is 8.06. The molecule has 6 heteroatoms. The van der Waals surface area contributed by atoms with Gasteiger partial charge >= 0.3 is 0 Å². The van der Waals surface area contributed by atoms with E-state index in [-0.39, 0.29) is 17.9 Å². The van der Waals surface area contributed by atoms with Gasteiger partial charge in [-0.1, -0.05) is 0 Å². The number of hydrogen-bond donors (Lipinski definition) is 1. The molecule has 3 rings (SSSR count). The van der Waals surface area contributed by atoms with Crippen LogP contribution in [0.2, 0.25) is 0 Å². The summed E-state index contributed by atoms with van der Waals surface area (Å²) < 4.78 is 5.33. The van der Waals surface area contributed by atoms with Crippen LogP contribution in [0.1, 0.15) is 30.5 Å². The highest BCUT2D eigenvalue weighted by Crippen LogP contribution is 2.26. The quantitative estimate of drug-likeness (QED) is 0.909. The third-order valence-electron chi connectivity index (χ3n) is 4.74. The molecule has 2 aliphatic heterocycles. The van der Waals surface area contributed by atoms with Gasteiger partial charge in [0.25, 0.3) is 0 Å². The average Bonchev–Trinajstić information content (AvgIpc) is 3.01. The van der Waals surface area contributed by atoms with Crippen molar-refractivity contribution in [3.63, 3.8) is 0 Å². The summed E-state index contributed by atoms with van der Waals surface area (Å²) in [6, 6.07) is 0.276. The Kier molecular flexibility index (Phi) is 4.57. The Morgan fingerprint density at radius 2 is 2.05 bits per heavy atom. The van der Waals surface area contributed by atoms with E-state index in [0.717, 1.165) is 62.6 Å². The van der Waals surface area contributed by atoms with E-state index < -0.39 is 0 Å². The lowest BCUT2D eigenvalue weighted by Crippen LogP contribution is -2.42. The molecule has 1 unspecified atom stereocenters. The van der Waals surface area contributed by atoms with Crippen molar-refractivity contribution >= 4 is 11.7 Å². The van der Waals surface area contributed by atoms with Crippen LogP contribution < -0.4 is 10.2 Å². The molecule has 1 N–H and O–H groups in total. The summed E-state index contributed by atoms with van der Waals surface area (Å²) in [6.45, 7) is 7.16. The highest BCUT2D eigenvalue weighted by atomic mass is 16.5. The van der Waals surface area contributed by atoms with Gasteiger partial charge < -0.3 is 15.0 Å².